The predicted molar refractivity (Wildman–Crippen MR) is 93.4 cm³/mol. The van der Waals surface area contributed by atoms with E-state index >= 15 is 0 Å². The summed E-state index contributed by atoms with van der Waals surface area (Å²) in [5.41, 5.74) is 1.00. The van der Waals surface area contributed by atoms with Crippen molar-refractivity contribution in [2.24, 2.45) is 0 Å². The fourth-order valence-corrected chi connectivity index (χ4v) is 3.30. The van der Waals surface area contributed by atoms with Crippen molar-refractivity contribution in [3.05, 3.63) is 35.4 Å². The molecule has 1 N–H and O–H groups in total. The Balaban J connectivity index is 1.51. The summed E-state index contributed by atoms with van der Waals surface area (Å²) in [6.07, 6.45) is 1.62. The molecule has 0 unspecified atom stereocenters. The number of hydrogen-bond acceptors (Lipinski definition) is 5. The molecule has 0 bridgehead atoms. The fraction of sp³-hybridized carbons (Fsp3) is 0.500. The Kier molecular flexibility index (Phi) is 5.78. The molecule has 3 amide bonds. The molecule has 0 aromatic heterocycles. The summed E-state index contributed by atoms with van der Waals surface area (Å²) in [4.78, 5) is 41.1. The highest BCUT2D eigenvalue weighted by Gasteiger charge is 2.34. The summed E-state index contributed by atoms with van der Waals surface area (Å²) >= 11 is 0. The van der Waals surface area contributed by atoms with Crippen LogP contribution in [0.4, 0.5) is 0 Å². The second kappa shape index (κ2) is 8.22. The lowest BCUT2D eigenvalue weighted by Gasteiger charge is -2.24. The summed E-state index contributed by atoms with van der Waals surface area (Å²) in [5, 5.41) is 3.32. The van der Waals surface area contributed by atoms with E-state index < -0.39 is 0 Å². The third-order valence-corrected chi connectivity index (χ3v) is 4.77. The number of rotatable bonds is 5. The van der Waals surface area contributed by atoms with Gasteiger partial charge in [0.05, 0.1) is 11.1 Å². The van der Waals surface area contributed by atoms with Gasteiger partial charge in [-0.15, -0.1) is 0 Å². The number of carbonyl (C=O) groups is 3. The van der Waals surface area contributed by atoms with Gasteiger partial charge in [0.15, 0.2) is 0 Å². The van der Waals surface area contributed by atoms with Gasteiger partial charge in [-0.25, -0.2) is 0 Å². The minimum atomic E-state index is -0.195. The first-order valence-corrected chi connectivity index (χ1v) is 8.78. The van der Waals surface area contributed by atoms with E-state index in [1.807, 2.05) is 0 Å². The maximum atomic E-state index is 12.4. The normalized spacial score (nSPS) is 19.4. The van der Waals surface area contributed by atoms with Gasteiger partial charge in [0, 0.05) is 45.8 Å². The first kappa shape index (κ1) is 17.6. The number of amides is 3. The van der Waals surface area contributed by atoms with Crippen LogP contribution in [0, 0.1) is 0 Å². The Morgan fingerprint density at radius 3 is 2.28 bits per heavy atom. The molecule has 0 atom stereocenters. The highest BCUT2D eigenvalue weighted by molar-refractivity contribution is 6.21. The van der Waals surface area contributed by atoms with Gasteiger partial charge in [0.25, 0.3) is 11.8 Å². The molecule has 1 aromatic rings. The van der Waals surface area contributed by atoms with Crippen LogP contribution in [0.3, 0.4) is 0 Å². The van der Waals surface area contributed by atoms with Crippen LogP contribution in [0.25, 0.3) is 0 Å². The van der Waals surface area contributed by atoms with Crippen LogP contribution in [0.15, 0.2) is 24.3 Å². The maximum absolute atomic E-state index is 12.4. The van der Waals surface area contributed by atoms with Gasteiger partial charge >= 0.3 is 0 Å². The Hall–Kier alpha value is -2.25. The number of nitrogens with one attached hydrogen (secondary N) is 1. The van der Waals surface area contributed by atoms with Crippen LogP contribution >= 0.6 is 0 Å². The van der Waals surface area contributed by atoms with Gasteiger partial charge in [-0.2, -0.15) is 0 Å². The first-order valence-electron chi connectivity index (χ1n) is 8.78. The van der Waals surface area contributed by atoms with Crippen molar-refractivity contribution in [2.75, 3.05) is 52.4 Å². The van der Waals surface area contributed by atoms with Crippen molar-refractivity contribution in [3.8, 4) is 0 Å². The molecular formula is C18H24N4O3. The largest absolute Gasteiger partial charge is 0.343 e. The van der Waals surface area contributed by atoms with E-state index in [1.54, 1.807) is 29.2 Å². The van der Waals surface area contributed by atoms with Crippen LogP contribution in [0.1, 0.15) is 27.1 Å². The van der Waals surface area contributed by atoms with E-state index in [0.29, 0.717) is 24.2 Å². The van der Waals surface area contributed by atoms with E-state index in [9.17, 15) is 14.4 Å². The average molecular weight is 344 g/mol. The molecule has 3 rings (SSSR count). The fourth-order valence-electron chi connectivity index (χ4n) is 3.30. The van der Waals surface area contributed by atoms with E-state index in [4.69, 9.17) is 0 Å². The number of benzene rings is 1. The standard InChI is InChI=1S/C18H24N4O3/c23-14-21-11-7-19-6-10-20(12-13-21)8-3-9-22-17(24)15-4-1-2-5-16(15)18(22)25/h1-2,4-5,14,19H,3,6-13H2. The maximum Gasteiger partial charge on any atom is 0.261 e. The molecular weight excluding hydrogens is 320 g/mol. The van der Waals surface area contributed by atoms with Crippen molar-refractivity contribution in [1.82, 2.24) is 20.0 Å². The molecule has 0 radical (unpaired) electrons. The van der Waals surface area contributed by atoms with Gasteiger partial charge in [-0.3, -0.25) is 19.3 Å². The van der Waals surface area contributed by atoms with Crippen molar-refractivity contribution >= 4 is 18.2 Å². The van der Waals surface area contributed by atoms with Crippen LogP contribution in [-0.4, -0.2) is 85.3 Å². The highest BCUT2D eigenvalue weighted by atomic mass is 16.2. The summed E-state index contributed by atoms with van der Waals surface area (Å²) in [6, 6.07) is 6.97. The van der Waals surface area contributed by atoms with Gasteiger partial charge < -0.3 is 15.1 Å². The second-order valence-electron chi connectivity index (χ2n) is 6.39. The Bertz CT molecular complexity index is 614. The van der Waals surface area contributed by atoms with Gasteiger partial charge in [-0.1, -0.05) is 12.1 Å². The lowest BCUT2D eigenvalue weighted by atomic mass is 10.1. The van der Waals surface area contributed by atoms with E-state index in [-0.39, 0.29) is 11.8 Å². The monoisotopic (exact) mass is 344 g/mol. The molecule has 0 aliphatic carbocycles. The van der Waals surface area contributed by atoms with Crippen molar-refractivity contribution in [1.29, 1.82) is 0 Å². The molecule has 134 valence electrons. The molecule has 2 heterocycles. The lowest BCUT2D eigenvalue weighted by molar-refractivity contribution is -0.118. The molecule has 1 fully saturated rings. The zero-order valence-corrected chi connectivity index (χ0v) is 14.3. The van der Waals surface area contributed by atoms with Gasteiger partial charge in [-0.05, 0) is 25.1 Å². The topological polar surface area (TPSA) is 73.0 Å². The van der Waals surface area contributed by atoms with E-state index in [2.05, 4.69) is 10.2 Å². The molecule has 0 saturated carbocycles. The van der Waals surface area contributed by atoms with Gasteiger partial charge in [0.1, 0.15) is 0 Å². The Morgan fingerprint density at radius 2 is 1.60 bits per heavy atom. The van der Waals surface area contributed by atoms with Crippen LogP contribution < -0.4 is 5.32 Å². The van der Waals surface area contributed by atoms with Crippen molar-refractivity contribution in [3.63, 3.8) is 0 Å². The molecule has 1 saturated heterocycles. The summed E-state index contributed by atoms with van der Waals surface area (Å²) in [5.74, 6) is -0.391. The molecule has 2 aliphatic heterocycles. The van der Waals surface area contributed by atoms with Gasteiger partial charge in [0.2, 0.25) is 6.41 Å². The van der Waals surface area contributed by atoms with Crippen LogP contribution in [-0.2, 0) is 4.79 Å². The third-order valence-electron chi connectivity index (χ3n) is 4.77. The van der Waals surface area contributed by atoms with Crippen LogP contribution in [0.2, 0.25) is 0 Å². The third kappa shape index (κ3) is 4.05. The minimum absolute atomic E-state index is 0.195. The average Bonchev–Trinajstić information content (AvgIpc) is 2.94. The minimum Gasteiger partial charge on any atom is -0.343 e. The number of carbonyl (C=O) groups excluding carboxylic acids is 3. The Labute approximate surface area is 147 Å². The van der Waals surface area contributed by atoms with E-state index in [0.717, 1.165) is 52.1 Å². The Morgan fingerprint density at radius 1 is 0.920 bits per heavy atom. The predicted octanol–water partition coefficient (Wildman–Crippen LogP) is 0.0363. The number of imide groups is 1. The number of hydrogen-bond donors (Lipinski definition) is 1. The summed E-state index contributed by atoms with van der Waals surface area (Å²) in [6.45, 7) is 6.04. The molecule has 2 aliphatic rings. The molecule has 0 spiro atoms. The quantitative estimate of drug-likeness (QED) is 0.603. The first-order chi connectivity index (χ1) is 12.2. The number of fused-ring (bicyclic) bond motifs is 1. The highest BCUT2D eigenvalue weighted by Crippen LogP contribution is 2.22. The smallest absolute Gasteiger partial charge is 0.261 e. The zero-order valence-electron chi connectivity index (χ0n) is 14.3. The van der Waals surface area contributed by atoms with Crippen molar-refractivity contribution < 1.29 is 14.4 Å². The summed E-state index contributed by atoms with van der Waals surface area (Å²) < 4.78 is 0. The van der Waals surface area contributed by atoms with Crippen molar-refractivity contribution in [2.45, 2.75) is 6.42 Å². The van der Waals surface area contributed by atoms with Crippen LogP contribution in [0.5, 0.6) is 0 Å². The lowest BCUT2D eigenvalue weighted by Crippen LogP contribution is -2.38. The molecule has 1 aromatic carbocycles. The number of nitrogens with zero attached hydrogens (tertiary/aromatic N) is 3. The zero-order chi connectivity index (χ0) is 17.6. The molecule has 25 heavy (non-hydrogen) atoms. The molecule has 7 nitrogen and oxygen atoms in total. The second-order valence-corrected chi connectivity index (χ2v) is 6.39. The SMILES string of the molecule is O=CN1CCNCCN(CCCN2C(=O)c3ccccc3C2=O)CC1. The molecule has 7 heteroatoms. The summed E-state index contributed by atoms with van der Waals surface area (Å²) in [7, 11) is 0. The van der Waals surface area contributed by atoms with E-state index in [1.165, 1.54) is 4.90 Å².